The van der Waals surface area contributed by atoms with Gasteiger partial charge in [0.2, 0.25) is 0 Å². The van der Waals surface area contributed by atoms with Crippen molar-refractivity contribution in [3.05, 3.63) is 304 Å². The largest absolute Gasteiger partial charge is 0.310 e. The van der Waals surface area contributed by atoms with Crippen molar-refractivity contribution in [3.8, 4) is 33.4 Å². The predicted octanol–water partition coefficient (Wildman–Crippen LogP) is 16.2. The molecule has 0 saturated heterocycles. The van der Waals surface area contributed by atoms with Gasteiger partial charge in [0.15, 0.2) is 0 Å². The minimum absolute atomic E-state index is 0.540. The number of anilines is 3. The summed E-state index contributed by atoms with van der Waals surface area (Å²) in [4.78, 5) is 2.49. The highest BCUT2D eigenvalue weighted by atomic mass is 15.1. The fourth-order valence-corrected chi connectivity index (χ4v) is 11.3. The minimum atomic E-state index is -0.540. The van der Waals surface area contributed by atoms with Crippen LogP contribution in [-0.2, 0) is 10.8 Å². The number of hydrogen-bond donors (Lipinski definition) is 0. The van der Waals surface area contributed by atoms with Crippen LogP contribution in [0.3, 0.4) is 0 Å². The molecule has 0 amide bonds. The van der Waals surface area contributed by atoms with Crippen molar-refractivity contribution in [2.75, 3.05) is 4.90 Å². The second kappa shape index (κ2) is 15.4. The van der Waals surface area contributed by atoms with Crippen LogP contribution in [0.15, 0.2) is 249 Å². The summed E-state index contributed by atoms with van der Waals surface area (Å²) in [6.07, 6.45) is 0. The molecule has 0 fully saturated rings. The van der Waals surface area contributed by atoms with Crippen LogP contribution in [0.25, 0.3) is 33.4 Å². The Hall–Kier alpha value is -8.00. The summed E-state index contributed by atoms with van der Waals surface area (Å²) < 4.78 is 0. The van der Waals surface area contributed by atoms with E-state index in [-0.39, 0.29) is 0 Å². The number of aryl methyl sites for hydroxylation is 2. The van der Waals surface area contributed by atoms with Crippen LogP contribution in [0.1, 0.15) is 55.6 Å². The molecule has 0 saturated carbocycles. The lowest BCUT2D eigenvalue weighted by Gasteiger charge is -2.36. The molecule has 2 aliphatic rings. The molecule has 2 atom stereocenters. The Morgan fingerprint density at radius 2 is 0.631 bits per heavy atom. The molecule has 308 valence electrons. The number of nitrogens with zero attached hydrogens (tertiary/aromatic N) is 1. The number of hydrogen-bond acceptors (Lipinski definition) is 1. The first-order valence-corrected chi connectivity index (χ1v) is 22.7. The Balaban J connectivity index is 1.15. The predicted molar refractivity (Wildman–Crippen MR) is 271 cm³/mol. The number of benzene rings is 10. The van der Waals surface area contributed by atoms with Crippen molar-refractivity contribution in [1.29, 1.82) is 0 Å². The lowest BCUT2D eigenvalue weighted by molar-refractivity contribution is 0.767. The Kier molecular flexibility index (Phi) is 9.14. The normalized spacial score (nSPS) is 16.6. The average Bonchev–Trinajstić information content (AvgIpc) is 3.83. The van der Waals surface area contributed by atoms with Crippen LogP contribution in [0.2, 0.25) is 0 Å². The zero-order valence-electron chi connectivity index (χ0n) is 36.6. The van der Waals surface area contributed by atoms with Gasteiger partial charge in [-0.2, -0.15) is 0 Å². The fraction of sp³-hybridized carbons (Fsp3) is 0.0625. The van der Waals surface area contributed by atoms with E-state index in [2.05, 4.69) is 267 Å². The Morgan fingerprint density at radius 1 is 0.262 bits per heavy atom. The summed E-state index contributed by atoms with van der Waals surface area (Å²) in [5.74, 6) is 0. The first-order valence-electron chi connectivity index (χ1n) is 22.7. The molecule has 0 spiro atoms. The van der Waals surface area contributed by atoms with E-state index in [9.17, 15) is 0 Å². The smallest absolute Gasteiger partial charge is 0.0714 e. The van der Waals surface area contributed by atoms with Gasteiger partial charge in [-0.3, -0.25) is 0 Å². The molecular formula is C64H47N. The first-order chi connectivity index (χ1) is 32.0. The van der Waals surface area contributed by atoms with Crippen LogP contribution in [0.4, 0.5) is 17.1 Å². The molecule has 1 heteroatoms. The molecule has 1 nitrogen and oxygen atoms in total. The average molecular weight is 830 g/mol. The molecule has 12 rings (SSSR count). The van der Waals surface area contributed by atoms with Crippen molar-refractivity contribution >= 4 is 17.1 Å². The van der Waals surface area contributed by atoms with Gasteiger partial charge in [0, 0.05) is 17.1 Å². The maximum absolute atomic E-state index is 2.49. The molecule has 65 heavy (non-hydrogen) atoms. The lowest BCUT2D eigenvalue weighted by atomic mass is 9.67. The summed E-state index contributed by atoms with van der Waals surface area (Å²) in [6, 6.07) is 93.0. The molecule has 0 radical (unpaired) electrons. The Labute approximate surface area is 382 Å². The maximum Gasteiger partial charge on any atom is 0.0714 e. The SMILES string of the molecule is Cc1ccc(C2(c3ccccc3)c3ccccc3-c3ccc(N(c4cccc(-c5ccccc5)c4)c4ccc5c(c4)C(c4ccccc4)(c4ccc(C)cc4)c4ccccc4-5)cc32)cc1. The van der Waals surface area contributed by atoms with Crippen molar-refractivity contribution in [1.82, 2.24) is 0 Å². The highest BCUT2D eigenvalue weighted by Gasteiger charge is 2.48. The van der Waals surface area contributed by atoms with Gasteiger partial charge in [-0.1, -0.05) is 223 Å². The molecule has 0 aliphatic heterocycles. The van der Waals surface area contributed by atoms with E-state index in [1.807, 2.05) is 0 Å². The van der Waals surface area contributed by atoms with Crippen molar-refractivity contribution < 1.29 is 0 Å². The van der Waals surface area contributed by atoms with Gasteiger partial charge in [-0.25, -0.2) is 0 Å². The third-order valence-electron chi connectivity index (χ3n) is 14.2. The summed E-state index contributed by atoms with van der Waals surface area (Å²) in [6.45, 7) is 4.35. The Bertz CT molecular complexity index is 3180. The van der Waals surface area contributed by atoms with Gasteiger partial charge in [-0.05, 0) is 128 Å². The molecular weight excluding hydrogens is 783 g/mol. The van der Waals surface area contributed by atoms with Gasteiger partial charge >= 0.3 is 0 Å². The van der Waals surface area contributed by atoms with Crippen molar-refractivity contribution in [2.45, 2.75) is 24.7 Å². The lowest BCUT2D eigenvalue weighted by Crippen LogP contribution is -2.29. The van der Waals surface area contributed by atoms with E-state index in [4.69, 9.17) is 0 Å². The highest BCUT2D eigenvalue weighted by Crippen LogP contribution is 2.59. The standard InChI is InChI=1S/C64H47N/c1-44-29-33-50(34-30-44)63(48-20-8-4-9-21-48)59-27-14-12-25-55(59)57-39-37-53(42-61(57)63)65(52-24-16-19-47(41-52)46-17-6-3-7-18-46)54-38-40-58-56-26-13-15-28-60(56)64(62(58)43-54,49-22-10-5-11-23-49)51-35-31-45(2)32-36-51/h3-43H,1-2H3. The van der Waals surface area contributed by atoms with E-state index in [0.29, 0.717) is 0 Å². The maximum atomic E-state index is 2.49. The monoisotopic (exact) mass is 829 g/mol. The zero-order chi connectivity index (χ0) is 43.5. The van der Waals surface area contributed by atoms with E-state index in [1.54, 1.807) is 0 Å². The summed E-state index contributed by atoms with van der Waals surface area (Å²) >= 11 is 0. The van der Waals surface area contributed by atoms with E-state index in [1.165, 1.54) is 89.0 Å². The van der Waals surface area contributed by atoms with E-state index < -0.39 is 10.8 Å². The molecule has 10 aromatic rings. The number of rotatable bonds is 8. The molecule has 0 bridgehead atoms. The second-order valence-electron chi connectivity index (χ2n) is 17.8. The highest BCUT2D eigenvalue weighted by molar-refractivity contribution is 5.92. The fourth-order valence-electron chi connectivity index (χ4n) is 11.3. The summed E-state index contributed by atoms with van der Waals surface area (Å²) in [5, 5.41) is 0. The minimum Gasteiger partial charge on any atom is -0.310 e. The Morgan fingerprint density at radius 3 is 1.11 bits per heavy atom. The van der Waals surface area contributed by atoms with Gasteiger partial charge < -0.3 is 4.90 Å². The molecule has 2 aliphatic carbocycles. The van der Waals surface area contributed by atoms with Gasteiger partial charge in [0.25, 0.3) is 0 Å². The van der Waals surface area contributed by atoms with Gasteiger partial charge in [0.05, 0.1) is 10.8 Å². The van der Waals surface area contributed by atoms with E-state index >= 15 is 0 Å². The van der Waals surface area contributed by atoms with Crippen molar-refractivity contribution in [2.24, 2.45) is 0 Å². The van der Waals surface area contributed by atoms with E-state index in [0.717, 1.165) is 17.1 Å². The summed E-state index contributed by atoms with van der Waals surface area (Å²) in [7, 11) is 0. The van der Waals surface area contributed by atoms with Gasteiger partial charge in [-0.15, -0.1) is 0 Å². The van der Waals surface area contributed by atoms with Crippen LogP contribution in [0, 0.1) is 13.8 Å². The molecule has 0 heterocycles. The third-order valence-corrected chi connectivity index (χ3v) is 14.2. The topological polar surface area (TPSA) is 3.24 Å². The third kappa shape index (κ3) is 5.93. The molecule has 0 N–H and O–H groups in total. The first kappa shape index (κ1) is 38.7. The summed E-state index contributed by atoms with van der Waals surface area (Å²) in [5.41, 5.74) is 22.4. The molecule has 0 aromatic heterocycles. The molecule has 2 unspecified atom stereocenters. The quantitative estimate of drug-likeness (QED) is 0.147. The zero-order valence-corrected chi connectivity index (χ0v) is 36.6. The van der Waals surface area contributed by atoms with Crippen LogP contribution in [-0.4, -0.2) is 0 Å². The second-order valence-corrected chi connectivity index (χ2v) is 17.8. The molecule has 10 aromatic carbocycles. The van der Waals surface area contributed by atoms with Crippen molar-refractivity contribution in [3.63, 3.8) is 0 Å². The van der Waals surface area contributed by atoms with Crippen LogP contribution < -0.4 is 4.90 Å². The van der Waals surface area contributed by atoms with Gasteiger partial charge in [0.1, 0.15) is 0 Å². The van der Waals surface area contributed by atoms with Crippen LogP contribution >= 0.6 is 0 Å². The van der Waals surface area contributed by atoms with Crippen LogP contribution in [0.5, 0.6) is 0 Å². The number of fused-ring (bicyclic) bond motifs is 6.